The van der Waals surface area contributed by atoms with Crippen LogP contribution in [0.5, 0.6) is 0 Å². The number of benzene rings is 1. The van der Waals surface area contributed by atoms with E-state index >= 15 is 0 Å². The minimum atomic E-state index is -0.918. The number of hydrogen-bond donors (Lipinski definition) is 2. The zero-order valence-corrected chi connectivity index (χ0v) is 11.8. The van der Waals surface area contributed by atoms with E-state index in [1.807, 2.05) is 0 Å². The zero-order valence-electron chi connectivity index (χ0n) is 10.9. The van der Waals surface area contributed by atoms with Crippen molar-refractivity contribution in [1.29, 1.82) is 0 Å². The van der Waals surface area contributed by atoms with Gasteiger partial charge < -0.3 is 10.4 Å². The van der Waals surface area contributed by atoms with Crippen molar-refractivity contribution in [3.63, 3.8) is 0 Å². The highest BCUT2D eigenvalue weighted by molar-refractivity contribution is 8.00. The van der Waals surface area contributed by atoms with Gasteiger partial charge in [-0.25, -0.2) is 8.78 Å². The van der Waals surface area contributed by atoms with Crippen molar-refractivity contribution in [3.05, 3.63) is 29.8 Å². The Balaban J connectivity index is 1.81. The second kappa shape index (κ2) is 7.04. The van der Waals surface area contributed by atoms with E-state index in [2.05, 4.69) is 5.32 Å². The van der Waals surface area contributed by atoms with Crippen molar-refractivity contribution in [2.75, 3.05) is 5.75 Å². The Bertz CT molecular complexity index is 484. The van der Waals surface area contributed by atoms with Gasteiger partial charge >= 0.3 is 0 Å². The summed E-state index contributed by atoms with van der Waals surface area (Å²) in [6, 6.07) is 3.36. The van der Waals surface area contributed by atoms with Crippen LogP contribution >= 0.6 is 11.8 Å². The van der Waals surface area contributed by atoms with E-state index in [9.17, 15) is 18.7 Å². The molecule has 0 aliphatic heterocycles. The number of halogens is 2. The highest BCUT2D eigenvalue weighted by atomic mass is 32.2. The minimum Gasteiger partial charge on any atom is -0.391 e. The number of hydrogen-bond acceptors (Lipinski definition) is 3. The molecule has 2 unspecified atom stereocenters. The molecule has 1 aromatic rings. The van der Waals surface area contributed by atoms with E-state index in [4.69, 9.17) is 0 Å². The molecule has 1 aliphatic carbocycles. The van der Waals surface area contributed by atoms with Crippen LogP contribution in [0.4, 0.5) is 8.78 Å². The number of rotatable bonds is 4. The molecule has 20 heavy (non-hydrogen) atoms. The molecule has 0 spiro atoms. The summed E-state index contributed by atoms with van der Waals surface area (Å²) in [5.41, 5.74) is 0. The lowest BCUT2D eigenvalue weighted by Crippen LogP contribution is -2.45. The van der Waals surface area contributed by atoms with Gasteiger partial charge in [-0.15, -0.1) is 11.8 Å². The van der Waals surface area contributed by atoms with Crippen LogP contribution < -0.4 is 5.32 Å². The van der Waals surface area contributed by atoms with Crippen molar-refractivity contribution < 1.29 is 18.7 Å². The fourth-order valence-corrected chi connectivity index (χ4v) is 2.98. The first-order valence-corrected chi connectivity index (χ1v) is 7.60. The topological polar surface area (TPSA) is 49.3 Å². The highest BCUT2D eigenvalue weighted by Gasteiger charge is 2.24. The van der Waals surface area contributed by atoms with Gasteiger partial charge in [-0.05, 0) is 31.0 Å². The summed E-state index contributed by atoms with van der Waals surface area (Å²) >= 11 is 1.14. The lowest BCUT2D eigenvalue weighted by molar-refractivity contribution is -0.120. The zero-order chi connectivity index (χ0) is 14.5. The molecule has 1 aromatic carbocycles. The Hall–Kier alpha value is -1.14. The molecule has 1 amide bonds. The SMILES string of the molecule is O=C(CSc1ccc(F)c(F)c1)NC1CCCCC1O. The number of nitrogens with one attached hydrogen (secondary N) is 1. The van der Waals surface area contributed by atoms with Gasteiger partial charge in [0.2, 0.25) is 5.91 Å². The first-order chi connectivity index (χ1) is 9.56. The van der Waals surface area contributed by atoms with Crippen LogP contribution in [0.25, 0.3) is 0 Å². The summed E-state index contributed by atoms with van der Waals surface area (Å²) < 4.78 is 25.8. The molecule has 110 valence electrons. The normalized spacial score (nSPS) is 22.6. The largest absolute Gasteiger partial charge is 0.391 e. The monoisotopic (exact) mass is 301 g/mol. The summed E-state index contributed by atoms with van der Waals surface area (Å²) in [5, 5.41) is 12.5. The second-order valence-corrected chi connectivity index (χ2v) is 5.94. The molecule has 2 rings (SSSR count). The Morgan fingerprint density at radius 3 is 2.75 bits per heavy atom. The van der Waals surface area contributed by atoms with Gasteiger partial charge in [0.25, 0.3) is 0 Å². The van der Waals surface area contributed by atoms with Crippen LogP contribution in [0, 0.1) is 11.6 Å². The molecule has 0 saturated heterocycles. The van der Waals surface area contributed by atoms with E-state index < -0.39 is 17.7 Å². The van der Waals surface area contributed by atoms with E-state index in [1.165, 1.54) is 6.07 Å². The van der Waals surface area contributed by atoms with Crippen molar-refractivity contribution in [3.8, 4) is 0 Å². The van der Waals surface area contributed by atoms with Crippen LogP contribution in [-0.4, -0.2) is 28.9 Å². The third-order valence-electron chi connectivity index (χ3n) is 3.34. The van der Waals surface area contributed by atoms with E-state index in [-0.39, 0.29) is 17.7 Å². The van der Waals surface area contributed by atoms with Crippen LogP contribution in [0.15, 0.2) is 23.1 Å². The standard InChI is InChI=1S/C14H17F2NO2S/c15-10-6-5-9(7-11(10)16)20-8-14(19)17-12-3-1-2-4-13(12)18/h5-7,12-13,18H,1-4,8H2,(H,17,19). The van der Waals surface area contributed by atoms with Crippen molar-refractivity contribution in [2.24, 2.45) is 0 Å². The summed E-state index contributed by atoms with van der Waals surface area (Å²) in [6.45, 7) is 0. The van der Waals surface area contributed by atoms with Crippen molar-refractivity contribution in [1.82, 2.24) is 5.32 Å². The third kappa shape index (κ3) is 4.18. The molecule has 2 N–H and O–H groups in total. The number of carbonyl (C=O) groups excluding carboxylic acids is 1. The van der Waals surface area contributed by atoms with Gasteiger partial charge in [-0.3, -0.25) is 4.79 Å². The van der Waals surface area contributed by atoms with E-state index in [0.717, 1.165) is 43.2 Å². The van der Waals surface area contributed by atoms with Crippen molar-refractivity contribution in [2.45, 2.75) is 42.7 Å². The number of aliphatic hydroxyl groups excluding tert-OH is 1. The summed E-state index contributed by atoms with van der Waals surface area (Å²) in [6.07, 6.45) is 2.99. The van der Waals surface area contributed by atoms with Crippen LogP contribution in [0.1, 0.15) is 25.7 Å². The van der Waals surface area contributed by atoms with Gasteiger partial charge in [0.15, 0.2) is 11.6 Å². The summed E-state index contributed by atoms with van der Waals surface area (Å²) in [5.74, 6) is -1.90. The van der Waals surface area contributed by atoms with E-state index in [1.54, 1.807) is 0 Å². The van der Waals surface area contributed by atoms with Gasteiger partial charge in [-0.2, -0.15) is 0 Å². The summed E-state index contributed by atoms with van der Waals surface area (Å²) in [4.78, 5) is 12.3. The molecular weight excluding hydrogens is 284 g/mol. The van der Waals surface area contributed by atoms with Gasteiger partial charge in [-0.1, -0.05) is 12.8 Å². The quantitative estimate of drug-likeness (QED) is 0.840. The second-order valence-electron chi connectivity index (χ2n) is 4.89. The molecule has 2 atom stereocenters. The molecule has 0 radical (unpaired) electrons. The van der Waals surface area contributed by atoms with Crippen LogP contribution in [-0.2, 0) is 4.79 Å². The van der Waals surface area contributed by atoms with Gasteiger partial charge in [0, 0.05) is 4.90 Å². The minimum absolute atomic E-state index is 0.119. The maximum atomic E-state index is 13.0. The number of carbonyl (C=O) groups is 1. The maximum Gasteiger partial charge on any atom is 0.230 e. The van der Waals surface area contributed by atoms with E-state index in [0.29, 0.717) is 11.3 Å². The molecule has 6 heteroatoms. The molecule has 0 aromatic heterocycles. The first-order valence-electron chi connectivity index (χ1n) is 6.61. The highest BCUT2D eigenvalue weighted by Crippen LogP contribution is 2.21. The third-order valence-corrected chi connectivity index (χ3v) is 4.33. The first kappa shape index (κ1) is 15.3. The lowest BCUT2D eigenvalue weighted by Gasteiger charge is -2.28. The maximum absolute atomic E-state index is 13.0. The van der Waals surface area contributed by atoms with Gasteiger partial charge in [0.1, 0.15) is 0 Å². The summed E-state index contributed by atoms with van der Waals surface area (Å²) in [7, 11) is 0. The fourth-order valence-electron chi connectivity index (χ4n) is 2.24. The van der Waals surface area contributed by atoms with Crippen LogP contribution in [0.3, 0.4) is 0 Å². The molecule has 0 heterocycles. The lowest BCUT2D eigenvalue weighted by atomic mass is 9.93. The molecule has 3 nitrogen and oxygen atoms in total. The Morgan fingerprint density at radius 1 is 1.30 bits per heavy atom. The predicted octanol–water partition coefficient (Wildman–Crippen LogP) is 2.48. The predicted molar refractivity (Wildman–Crippen MR) is 73.5 cm³/mol. The average molecular weight is 301 g/mol. The van der Waals surface area contributed by atoms with Gasteiger partial charge in [0.05, 0.1) is 17.9 Å². The average Bonchev–Trinajstić information content (AvgIpc) is 2.43. The number of amides is 1. The van der Waals surface area contributed by atoms with Crippen LogP contribution in [0.2, 0.25) is 0 Å². The number of aliphatic hydroxyl groups is 1. The Kier molecular flexibility index (Phi) is 5.37. The number of thioether (sulfide) groups is 1. The molecule has 0 bridgehead atoms. The molecule has 1 saturated carbocycles. The molecule has 1 fully saturated rings. The molecule has 1 aliphatic rings. The van der Waals surface area contributed by atoms with Crippen molar-refractivity contribution >= 4 is 17.7 Å². The Labute approximate surface area is 120 Å². The molecular formula is C14H17F2NO2S. The Morgan fingerprint density at radius 2 is 2.05 bits per heavy atom. The smallest absolute Gasteiger partial charge is 0.230 e. The fraction of sp³-hybridized carbons (Fsp3) is 0.500.